The van der Waals surface area contributed by atoms with Gasteiger partial charge in [-0.25, -0.2) is 0 Å². The maximum atomic E-state index is 12.1. The van der Waals surface area contributed by atoms with E-state index in [9.17, 15) is 4.79 Å². The monoisotopic (exact) mass is 308 g/mol. The molecule has 1 aromatic rings. The van der Waals surface area contributed by atoms with Crippen molar-refractivity contribution in [2.24, 2.45) is 5.92 Å². The van der Waals surface area contributed by atoms with E-state index in [4.69, 9.17) is 4.74 Å². The second kappa shape index (κ2) is 7.74. The number of ether oxygens (including phenoxy) is 1. The molecule has 0 aliphatic carbocycles. The number of hydrogen-bond donors (Lipinski definition) is 2. The van der Waals surface area contributed by atoms with Crippen LogP contribution < -0.4 is 5.32 Å². The third kappa shape index (κ3) is 5.10. The molecular weight excluding hydrogens is 280 g/mol. The first-order chi connectivity index (χ1) is 10.4. The van der Waals surface area contributed by atoms with Crippen LogP contribution in [0.25, 0.3) is 0 Å². The zero-order chi connectivity index (χ0) is 16.1. The molecule has 0 spiro atoms. The standard InChI is InChI=1S/C16H28N4O2/c1-11(2)7-14-8-15(19-18-14)16(21)17-5-6-20-9-12(3)22-13(4)10-20/h8,11-13H,5-7,9-10H2,1-4H3,(H,17,21)(H,18,19)/t12-,13-/m1/s1. The Bertz CT molecular complexity index is 476. The Labute approximate surface area is 132 Å². The highest BCUT2D eigenvalue weighted by Crippen LogP contribution is 2.10. The second-order valence-electron chi connectivity index (χ2n) is 6.65. The maximum absolute atomic E-state index is 12.1. The van der Waals surface area contributed by atoms with Crippen LogP contribution in [0.4, 0.5) is 0 Å². The quantitative estimate of drug-likeness (QED) is 0.834. The molecule has 1 saturated heterocycles. The van der Waals surface area contributed by atoms with Crippen LogP contribution in [0, 0.1) is 5.92 Å². The highest BCUT2D eigenvalue weighted by atomic mass is 16.5. The second-order valence-corrected chi connectivity index (χ2v) is 6.65. The maximum Gasteiger partial charge on any atom is 0.271 e. The van der Waals surface area contributed by atoms with Crippen LogP contribution in [0.2, 0.25) is 0 Å². The molecule has 2 heterocycles. The number of H-pyrrole nitrogens is 1. The number of morpholine rings is 1. The summed E-state index contributed by atoms with van der Waals surface area (Å²) in [5.41, 5.74) is 1.48. The van der Waals surface area contributed by atoms with Gasteiger partial charge in [-0.1, -0.05) is 13.8 Å². The topological polar surface area (TPSA) is 70.2 Å². The number of rotatable bonds is 6. The summed E-state index contributed by atoms with van der Waals surface area (Å²) in [6.45, 7) is 11.8. The predicted octanol–water partition coefficient (Wildman–Crippen LogP) is 1.45. The minimum atomic E-state index is -0.111. The van der Waals surface area contributed by atoms with Crippen LogP contribution in [0.5, 0.6) is 0 Å². The van der Waals surface area contributed by atoms with Gasteiger partial charge < -0.3 is 10.1 Å². The third-order valence-corrected chi connectivity index (χ3v) is 3.70. The van der Waals surface area contributed by atoms with Gasteiger partial charge in [-0.3, -0.25) is 14.8 Å². The SMILES string of the molecule is CC(C)Cc1cc(C(=O)NCCN2C[C@@H](C)O[C@H](C)C2)n[nH]1. The van der Waals surface area contributed by atoms with Gasteiger partial charge in [0.25, 0.3) is 5.91 Å². The predicted molar refractivity (Wildman–Crippen MR) is 85.9 cm³/mol. The number of carbonyl (C=O) groups excluding carboxylic acids is 1. The molecule has 124 valence electrons. The van der Waals surface area contributed by atoms with E-state index in [1.807, 2.05) is 6.07 Å². The molecule has 1 amide bonds. The largest absolute Gasteiger partial charge is 0.373 e. The molecule has 0 saturated carbocycles. The van der Waals surface area contributed by atoms with E-state index >= 15 is 0 Å². The minimum absolute atomic E-state index is 0.111. The molecule has 1 aromatic heterocycles. The van der Waals surface area contributed by atoms with Crippen LogP contribution in [-0.2, 0) is 11.2 Å². The van der Waals surface area contributed by atoms with Crippen molar-refractivity contribution < 1.29 is 9.53 Å². The van der Waals surface area contributed by atoms with E-state index in [1.54, 1.807) is 0 Å². The van der Waals surface area contributed by atoms with Gasteiger partial charge in [0, 0.05) is 31.9 Å². The van der Waals surface area contributed by atoms with Crippen molar-refractivity contribution in [3.63, 3.8) is 0 Å². The summed E-state index contributed by atoms with van der Waals surface area (Å²) in [5.74, 6) is 0.433. The summed E-state index contributed by atoms with van der Waals surface area (Å²) in [5, 5.41) is 9.96. The molecule has 0 unspecified atom stereocenters. The highest BCUT2D eigenvalue weighted by Gasteiger charge is 2.21. The number of hydrogen-bond acceptors (Lipinski definition) is 4. The molecule has 2 N–H and O–H groups in total. The van der Waals surface area contributed by atoms with Crippen LogP contribution in [0.15, 0.2) is 6.07 Å². The number of amides is 1. The van der Waals surface area contributed by atoms with E-state index in [-0.39, 0.29) is 18.1 Å². The lowest BCUT2D eigenvalue weighted by Crippen LogP contribution is -2.47. The number of nitrogens with zero attached hydrogens (tertiary/aromatic N) is 2. The highest BCUT2D eigenvalue weighted by molar-refractivity contribution is 5.92. The Morgan fingerprint density at radius 3 is 2.77 bits per heavy atom. The van der Waals surface area contributed by atoms with E-state index in [1.165, 1.54) is 0 Å². The van der Waals surface area contributed by atoms with Crippen molar-refractivity contribution in [1.82, 2.24) is 20.4 Å². The van der Waals surface area contributed by atoms with Crippen molar-refractivity contribution in [1.29, 1.82) is 0 Å². The molecule has 2 rings (SSSR count). The molecule has 0 bridgehead atoms. The summed E-state index contributed by atoms with van der Waals surface area (Å²) in [7, 11) is 0. The van der Waals surface area contributed by atoms with E-state index in [0.29, 0.717) is 18.2 Å². The van der Waals surface area contributed by atoms with Crippen molar-refractivity contribution in [3.8, 4) is 0 Å². The van der Waals surface area contributed by atoms with E-state index in [0.717, 1.165) is 31.7 Å². The Morgan fingerprint density at radius 1 is 1.45 bits per heavy atom. The Kier molecular flexibility index (Phi) is 5.97. The smallest absolute Gasteiger partial charge is 0.271 e. The lowest BCUT2D eigenvalue weighted by atomic mass is 10.1. The molecule has 22 heavy (non-hydrogen) atoms. The first-order valence-corrected chi connectivity index (χ1v) is 8.14. The van der Waals surface area contributed by atoms with Gasteiger partial charge in [0.2, 0.25) is 0 Å². The van der Waals surface area contributed by atoms with Crippen molar-refractivity contribution in [3.05, 3.63) is 17.5 Å². The molecular formula is C16H28N4O2. The van der Waals surface area contributed by atoms with Gasteiger partial charge in [-0.2, -0.15) is 5.10 Å². The Morgan fingerprint density at radius 2 is 2.14 bits per heavy atom. The zero-order valence-electron chi connectivity index (χ0n) is 14.1. The summed E-state index contributed by atoms with van der Waals surface area (Å²) >= 11 is 0. The molecule has 0 radical (unpaired) electrons. The average Bonchev–Trinajstić information content (AvgIpc) is 2.85. The number of aromatic amines is 1. The van der Waals surface area contributed by atoms with Crippen molar-refractivity contribution >= 4 is 5.91 Å². The fraction of sp³-hybridized carbons (Fsp3) is 0.750. The average molecular weight is 308 g/mol. The van der Waals surface area contributed by atoms with Crippen LogP contribution in [0.1, 0.15) is 43.9 Å². The summed E-state index contributed by atoms with van der Waals surface area (Å²) in [4.78, 5) is 14.4. The van der Waals surface area contributed by atoms with E-state index in [2.05, 4.69) is 48.1 Å². The number of nitrogens with one attached hydrogen (secondary N) is 2. The lowest BCUT2D eigenvalue weighted by Gasteiger charge is -2.35. The molecule has 1 fully saturated rings. The van der Waals surface area contributed by atoms with Crippen LogP contribution in [-0.4, -0.2) is 59.4 Å². The van der Waals surface area contributed by atoms with Gasteiger partial charge in [0.1, 0.15) is 5.69 Å². The Balaban J connectivity index is 1.74. The lowest BCUT2D eigenvalue weighted by molar-refractivity contribution is -0.0672. The van der Waals surface area contributed by atoms with Crippen molar-refractivity contribution in [2.75, 3.05) is 26.2 Å². The van der Waals surface area contributed by atoms with E-state index < -0.39 is 0 Å². The number of aromatic nitrogens is 2. The van der Waals surface area contributed by atoms with Gasteiger partial charge in [0.15, 0.2) is 0 Å². The molecule has 1 aliphatic heterocycles. The first-order valence-electron chi connectivity index (χ1n) is 8.14. The van der Waals surface area contributed by atoms with Gasteiger partial charge in [-0.15, -0.1) is 0 Å². The summed E-state index contributed by atoms with van der Waals surface area (Å²) < 4.78 is 5.70. The fourth-order valence-corrected chi connectivity index (χ4v) is 2.91. The first kappa shape index (κ1) is 17.0. The van der Waals surface area contributed by atoms with Crippen molar-refractivity contribution in [2.45, 2.75) is 46.3 Å². The zero-order valence-corrected chi connectivity index (χ0v) is 14.1. The van der Waals surface area contributed by atoms with Gasteiger partial charge >= 0.3 is 0 Å². The van der Waals surface area contributed by atoms with Crippen LogP contribution in [0.3, 0.4) is 0 Å². The van der Waals surface area contributed by atoms with Crippen LogP contribution >= 0.6 is 0 Å². The van der Waals surface area contributed by atoms with Gasteiger partial charge in [0.05, 0.1) is 12.2 Å². The number of carbonyl (C=O) groups is 1. The molecule has 6 nitrogen and oxygen atoms in total. The molecule has 6 heteroatoms. The van der Waals surface area contributed by atoms with Gasteiger partial charge in [-0.05, 0) is 32.3 Å². The Hall–Kier alpha value is -1.40. The summed E-state index contributed by atoms with van der Waals surface area (Å²) in [6, 6.07) is 1.84. The summed E-state index contributed by atoms with van der Waals surface area (Å²) in [6.07, 6.45) is 1.41. The fourth-order valence-electron chi connectivity index (χ4n) is 2.91. The molecule has 1 aliphatic rings. The minimum Gasteiger partial charge on any atom is -0.373 e. The third-order valence-electron chi connectivity index (χ3n) is 3.70. The molecule has 0 aromatic carbocycles. The molecule has 2 atom stereocenters. The normalized spacial score (nSPS) is 23.0.